The molecule has 3 atom stereocenters. The maximum absolute atomic E-state index is 15.4. The first-order valence-electron chi connectivity index (χ1n) is 28.4. The van der Waals surface area contributed by atoms with Crippen molar-refractivity contribution in [2.75, 3.05) is 119 Å². The van der Waals surface area contributed by atoms with Gasteiger partial charge in [0.2, 0.25) is 17.7 Å². The fourth-order valence-corrected chi connectivity index (χ4v) is 9.98. The number of hydrogen-bond acceptors (Lipinski definition) is 19. The lowest BCUT2D eigenvalue weighted by molar-refractivity contribution is -0.172. The van der Waals surface area contributed by atoms with Crippen LogP contribution in [0.3, 0.4) is 0 Å². The van der Waals surface area contributed by atoms with E-state index in [0.717, 1.165) is 10.5 Å². The normalized spacial score (nSPS) is 17.4. The van der Waals surface area contributed by atoms with Crippen molar-refractivity contribution in [1.29, 1.82) is 0 Å². The molecule has 0 saturated carbocycles. The minimum Gasteiger partial charge on any atom is -0.458 e. The number of aromatic nitrogens is 2. The number of aliphatic imine (C=N–C) groups is 1. The van der Waals surface area contributed by atoms with Gasteiger partial charge in [-0.25, -0.2) is 19.2 Å². The van der Waals surface area contributed by atoms with Crippen LogP contribution in [0.2, 0.25) is 0 Å². The molecule has 2 aromatic heterocycles. The second-order valence-electron chi connectivity index (χ2n) is 20.6. The number of esters is 1. The molecule has 0 fully saturated rings. The van der Waals surface area contributed by atoms with Crippen LogP contribution in [0, 0.1) is 18.7 Å². The summed E-state index contributed by atoms with van der Waals surface area (Å²) in [5.41, 5.74) is 1.23. The number of nitrogens with zero attached hydrogens (tertiary/aromatic N) is 4. The van der Waals surface area contributed by atoms with Crippen LogP contribution in [-0.2, 0) is 101 Å². The number of pyridine rings is 2. The van der Waals surface area contributed by atoms with E-state index in [9.17, 15) is 43.5 Å². The summed E-state index contributed by atoms with van der Waals surface area (Å²) in [7, 11) is 0. The lowest BCUT2D eigenvalue weighted by atomic mass is 9.81. The molecule has 6 amide bonds. The predicted octanol–water partition coefficient (Wildman–Crippen LogP) is 1.71. The van der Waals surface area contributed by atoms with E-state index in [2.05, 4.69) is 20.9 Å². The summed E-state index contributed by atoms with van der Waals surface area (Å²) in [6.45, 7) is 13.7. The van der Waals surface area contributed by atoms with Crippen LogP contribution in [0.15, 0.2) is 34.1 Å². The van der Waals surface area contributed by atoms with Gasteiger partial charge in [-0.3, -0.25) is 38.5 Å². The Morgan fingerprint density at radius 1 is 0.786 bits per heavy atom. The van der Waals surface area contributed by atoms with Gasteiger partial charge in [-0.15, -0.1) is 0 Å². The molecule has 7 rings (SSSR count). The molecule has 0 saturated heterocycles. The molecule has 4 N–H and O–H groups in total. The van der Waals surface area contributed by atoms with E-state index < -0.39 is 70.5 Å². The number of carbonyl (C=O) groups is 7. The number of halogens is 1. The maximum Gasteiger partial charge on any atom is 0.343 e. The van der Waals surface area contributed by atoms with E-state index in [1.807, 2.05) is 0 Å². The first-order chi connectivity index (χ1) is 40.4. The largest absolute Gasteiger partial charge is 0.458 e. The van der Waals surface area contributed by atoms with Crippen molar-refractivity contribution in [2.24, 2.45) is 10.9 Å². The first-order valence-corrected chi connectivity index (χ1v) is 28.4. The van der Waals surface area contributed by atoms with Crippen LogP contribution in [0.1, 0.15) is 92.8 Å². The molecule has 1 aliphatic carbocycles. The van der Waals surface area contributed by atoms with E-state index in [4.69, 9.17) is 47.6 Å². The van der Waals surface area contributed by atoms with Gasteiger partial charge in [0.05, 0.1) is 147 Å². The molecule has 5 heterocycles. The Hall–Kier alpha value is -6.75. The van der Waals surface area contributed by atoms with Crippen LogP contribution in [-0.4, -0.2) is 192 Å². The Morgan fingerprint density at radius 2 is 1.35 bits per heavy atom. The van der Waals surface area contributed by atoms with Crippen molar-refractivity contribution < 1.29 is 85.7 Å². The molecule has 4 aliphatic rings. The van der Waals surface area contributed by atoms with Crippen LogP contribution >= 0.6 is 0 Å². The van der Waals surface area contributed by atoms with Crippen LogP contribution in [0.5, 0.6) is 0 Å². The third-order valence-electron chi connectivity index (χ3n) is 14.6. The Balaban J connectivity index is 0.712. The minimum atomic E-state index is -2.04. The van der Waals surface area contributed by atoms with Crippen molar-refractivity contribution in [3.05, 3.63) is 73.8 Å². The highest BCUT2D eigenvalue weighted by atomic mass is 19.1. The van der Waals surface area contributed by atoms with Crippen LogP contribution < -0.4 is 21.5 Å². The number of carbonyl (C=O) groups excluding carboxylic acids is 7. The molecule has 0 unspecified atom stereocenters. The number of amides is 6. The monoisotopic (exact) mass is 1180 g/mol. The van der Waals surface area contributed by atoms with E-state index >= 15 is 4.39 Å². The SMILES string of the molecule is CC[C@@]1(O)C(=O)OCc2c1cc1n(c2=O)Cc2c-1nc1cc(F)c(C)c3c1c2[C@@H](NC(=O)[C@H](C)NC(=O)C(=NC(=O)CCOCCOCCOCCOCCOCCOCCOCCOCCNC(=O)CCN1C(=O)C=CC1=O)C(C)C)CC3. The molecule has 84 heavy (non-hydrogen) atoms. The zero-order chi connectivity index (χ0) is 60.3. The average molecular weight is 1180 g/mol. The molecule has 0 spiro atoms. The number of aliphatic hydroxyl groups is 1. The number of hydrogen-bond donors (Lipinski definition) is 4. The first kappa shape index (κ1) is 64.8. The summed E-state index contributed by atoms with van der Waals surface area (Å²) in [5, 5.41) is 20.5. The van der Waals surface area contributed by atoms with Gasteiger partial charge in [0.25, 0.3) is 23.3 Å². The number of rotatable bonds is 36. The number of ether oxygens (including phenoxy) is 9. The zero-order valence-corrected chi connectivity index (χ0v) is 48.3. The number of fused-ring (bicyclic) bond motifs is 5. The number of cyclic esters (lactones) is 1. The van der Waals surface area contributed by atoms with E-state index in [1.54, 1.807) is 33.8 Å². The predicted molar refractivity (Wildman–Crippen MR) is 298 cm³/mol. The third kappa shape index (κ3) is 16.6. The summed E-state index contributed by atoms with van der Waals surface area (Å²) in [6.07, 6.45) is 3.03. The van der Waals surface area contributed by atoms with Gasteiger partial charge in [0.1, 0.15) is 24.2 Å². The topological polar surface area (TPSA) is 309 Å². The highest BCUT2D eigenvalue weighted by molar-refractivity contribution is 6.41. The fraction of sp³-hybridized carbons (Fsp3) is 0.586. The zero-order valence-electron chi connectivity index (χ0n) is 48.3. The summed E-state index contributed by atoms with van der Waals surface area (Å²) in [4.78, 5) is 112. The third-order valence-corrected chi connectivity index (χ3v) is 14.6. The van der Waals surface area contributed by atoms with Crippen molar-refractivity contribution in [3.8, 4) is 11.4 Å². The molecule has 25 nitrogen and oxygen atoms in total. The Morgan fingerprint density at radius 3 is 1.90 bits per heavy atom. The minimum absolute atomic E-state index is 0.0256. The van der Waals surface area contributed by atoms with Crippen molar-refractivity contribution >= 4 is 58.0 Å². The molecule has 458 valence electrons. The summed E-state index contributed by atoms with van der Waals surface area (Å²) in [5.74, 6) is -4.69. The van der Waals surface area contributed by atoms with Crippen LogP contribution in [0.4, 0.5) is 4.39 Å². The number of benzene rings is 1. The van der Waals surface area contributed by atoms with Crippen molar-refractivity contribution in [1.82, 2.24) is 30.4 Å². The number of imide groups is 1. The molecule has 26 heteroatoms. The van der Waals surface area contributed by atoms with E-state index in [0.29, 0.717) is 144 Å². The Labute approximate surface area is 485 Å². The van der Waals surface area contributed by atoms with Crippen molar-refractivity contribution in [2.45, 2.75) is 97.6 Å². The highest BCUT2D eigenvalue weighted by Crippen LogP contribution is 2.46. The molecular formula is C58H76FN7O18. The molecular weight excluding hydrogens is 1100 g/mol. The average Bonchev–Trinajstić information content (AvgIpc) is 1.51. The second-order valence-corrected chi connectivity index (χ2v) is 20.6. The van der Waals surface area contributed by atoms with Gasteiger partial charge in [-0.2, -0.15) is 0 Å². The quantitative estimate of drug-likeness (QED) is 0.0218. The van der Waals surface area contributed by atoms with Gasteiger partial charge in [-0.05, 0) is 55.9 Å². The van der Waals surface area contributed by atoms with Crippen molar-refractivity contribution in [3.63, 3.8) is 0 Å². The molecule has 3 aliphatic heterocycles. The van der Waals surface area contributed by atoms with Gasteiger partial charge >= 0.3 is 5.97 Å². The van der Waals surface area contributed by atoms with Gasteiger partial charge in [-0.1, -0.05) is 20.8 Å². The van der Waals surface area contributed by atoms with Gasteiger partial charge in [0.15, 0.2) is 5.60 Å². The highest BCUT2D eigenvalue weighted by Gasteiger charge is 2.46. The molecule has 0 radical (unpaired) electrons. The van der Waals surface area contributed by atoms with E-state index in [-0.39, 0.29) is 81.5 Å². The Bertz CT molecular complexity index is 3000. The number of aryl methyl sites for hydroxylation is 1. The standard InChI is InChI=1S/C58H76FN7O18/c1-6-58(75)41-31-45-53-39(33-66(45)56(73)40(41)34-84-57(58)74)51-43(8-7-38-36(4)42(59)32-44(62-53)50(38)51)63-54(71)37(5)61-55(72)52(35(2)3)64-47(68)12-15-76-17-19-78-21-23-80-25-27-82-29-30-83-28-26-81-24-22-79-20-18-77-16-13-60-46(67)11-14-65-48(69)9-10-49(65)70/h9-10,31-32,35,37,43,75H,6-8,11-30,33-34H2,1-5H3,(H,60,67)(H,61,72)(H,63,71)/t37-,43-,58-/m0/s1. The lowest BCUT2D eigenvalue weighted by Gasteiger charge is -2.31. The fourth-order valence-electron chi connectivity index (χ4n) is 9.98. The summed E-state index contributed by atoms with van der Waals surface area (Å²) < 4.78 is 66.1. The Kier molecular flexibility index (Phi) is 24.2. The second kappa shape index (κ2) is 31.4. The number of nitrogens with one attached hydrogen (secondary N) is 3. The smallest absolute Gasteiger partial charge is 0.343 e. The van der Waals surface area contributed by atoms with Gasteiger partial charge in [0, 0.05) is 60.2 Å². The molecule has 0 bridgehead atoms. The van der Waals surface area contributed by atoms with Gasteiger partial charge < -0.3 is 68.3 Å². The summed E-state index contributed by atoms with van der Waals surface area (Å²) >= 11 is 0. The van der Waals surface area contributed by atoms with Crippen LogP contribution in [0.25, 0.3) is 22.3 Å². The van der Waals surface area contributed by atoms with E-state index in [1.165, 1.54) is 29.7 Å². The lowest BCUT2D eigenvalue weighted by Crippen LogP contribution is -2.49. The molecule has 1 aromatic carbocycles. The summed E-state index contributed by atoms with van der Waals surface area (Å²) in [6, 6.07) is 1.19. The molecule has 3 aromatic rings. The maximum atomic E-state index is 15.4.